The lowest BCUT2D eigenvalue weighted by Crippen LogP contribution is -2.29. The van der Waals surface area contributed by atoms with Crippen molar-refractivity contribution in [2.75, 3.05) is 0 Å². The number of hydrogen-bond donors (Lipinski definition) is 2. The first-order chi connectivity index (χ1) is 13.9. The molecule has 0 unspecified atom stereocenters. The number of hydrazone groups is 1. The number of aromatic nitrogens is 2. The zero-order valence-electron chi connectivity index (χ0n) is 15.4. The third kappa shape index (κ3) is 4.10. The fourth-order valence-electron chi connectivity index (χ4n) is 2.75. The number of nitrogens with zero attached hydrogens (tertiary/aromatic N) is 4. The highest BCUT2D eigenvalue weighted by Crippen LogP contribution is 2.25. The summed E-state index contributed by atoms with van der Waals surface area (Å²) in [5.41, 5.74) is 1.91. The number of nitro groups is 1. The normalized spacial score (nSPS) is 11.1. The Kier molecular flexibility index (Phi) is 5.63. The summed E-state index contributed by atoms with van der Waals surface area (Å²) in [6, 6.07) is 10.4. The molecule has 29 heavy (non-hydrogen) atoms. The van der Waals surface area contributed by atoms with Gasteiger partial charge in [0, 0.05) is 23.6 Å². The van der Waals surface area contributed by atoms with Crippen molar-refractivity contribution in [3.63, 3.8) is 0 Å². The minimum Gasteiger partial charge on any atom is -0.502 e. The van der Waals surface area contributed by atoms with E-state index in [0.717, 1.165) is 12.1 Å². The van der Waals surface area contributed by atoms with Crippen LogP contribution in [0.15, 0.2) is 52.4 Å². The Morgan fingerprint density at radius 2 is 2.03 bits per heavy atom. The third-order valence-corrected chi connectivity index (χ3v) is 4.09. The molecule has 2 aromatic carbocycles. The highest BCUT2D eigenvalue weighted by molar-refractivity contribution is 6.05. The Morgan fingerprint density at radius 1 is 1.31 bits per heavy atom. The van der Waals surface area contributed by atoms with Crippen LogP contribution in [0.2, 0.25) is 0 Å². The van der Waals surface area contributed by atoms with Crippen molar-refractivity contribution in [3.05, 3.63) is 74.2 Å². The maximum Gasteiger partial charge on any atom is 0.311 e. The molecule has 0 spiro atoms. The maximum absolute atomic E-state index is 12.6. The molecule has 2 N–H and O–H groups in total. The Bertz CT molecular complexity index is 1190. The summed E-state index contributed by atoms with van der Waals surface area (Å²) in [5.74, 6) is -1.10. The van der Waals surface area contributed by atoms with E-state index < -0.39 is 22.3 Å². The Morgan fingerprint density at radius 3 is 2.72 bits per heavy atom. The van der Waals surface area contributed by atoms with Crippen molar-refractivity contribution in [2.45, 2.75) is 19.9 Å². The maximum atomic E-state index is 12.6. The first kappa shape index (κ1) is 19.7. The van der Waals surface area contributed by atoms with Gasteiger partial charge < -0.3 is 5.11 Å². The average Bonchev–Trinajstić information content (AvgIpc) is 2.71. The second kappa shape index (κ2) is 8.30. The summed E-state index contributed by atoms with van der Waals surface area (Å²) >= 11 is 0. The first-order valence-corrected chi connectivity index (χ1v) is 8.73. The smallest absolute Gasteiger partial charge is 0.311 e. The van der Waals surface area contributed by atoms with E-state index in [1.807, 2.05) is 6.92 Å². The van der Waals surface area contributed by atoms with Gasteiger partial charge in [0.1, 0.15) is 0 Å². The predicted octanol–water partition coefficient (Wildman–Crippen LogP) is 2.18. The Labute approximate surface area is 164 Å². The molecule has 148 valence electrons. The summed E-state index contributed by atoms with van der Waals surface area (Å²) in [4.78, 5) is 35.2. The number of carbonyl (C=O) groups excluding carboxylic acids is 1. The molecule has 0 radical (unpaired) electrons. The third-order valence-electron chi connectivity index (χ3n) is 4.09. The molecule has 10 nitrogen and oxygen atoms in total. The van der Waals surface area contributed by atoms with Crippen molar-refractivity contribution in [2.24, 2.45) is 5.10 Å². The van der Waals surface area contributed by atoms with E-state index in [-0.39, 0.29) is 11.3 Å². The molecule has 10 heteroatoms. The largest absolute Gasteiger partial charge is 0.502 e. The second-order valence-corrected chi connectivity index (χ2v) is 6.13. The highest BCUT2D eigenvalue weighted by Gasteiger charge is 2.16. The molecule has 0 saturated heterocycles. The van der Waals surface area contributed by atoms with Crippen LogP contribution in [0.1, 0.15) is 29.4 Å². The minimum absolute atomic E-state index is 0.0440. The number of nitrogens with one attached hydrogen (secondary N) is 1. The quantitative estimate of drug-likeness (QED) is 0.372. The van der Waals surface area contributed by atoms with Gasteiger partial charge in [0.2, 0.25) is 0 Å². The lowest BCUT2D eigenvalue weighted by Gasteiger charge is -2.09. The number of amides is 1. The van der Waals surface area contributed by atoms with E-state index in [9.17, 15) is 24.8 Å². The van der Waals surface area contributed by atoms with Gasteiger partial charge in [-0.25, -0.2) is 10.1 Å². The van der Waals surface area contributed by atoms with Crippen molar-refractivity contribution < 1.29 is 14.8 Å². The zero-order chi connectivity index (χ0) is 21.0. The number of rotatable bonds is 6. The molecule has 1 heterocycles. The van der Waals surface area contributed by atoms with Crippen LogP contribution in [-0.4, -0.2) is 31.9 Å². The van der Waals surface area contributed by atoms with Gasteiger partial charge in [-0.15, -0.1) is 0 Å². The average molecular weight is 395 g/mol. The molecule has 1 aromatic heterocycles. The van der Waals surface area contributed by atoms with Gasteiger partial charge in [-0.05, 0) is 24.6 Å². The van der Waals surface area contributed by atoms with Crippen LogP contribution in [0.5, 0.6) is 5.75 Å². The number of phenols is 1. The number of fused-ring (bicyclic) bond motifs is 1. The van der Waals surface area contributed by atoms with Gasteiger partial charge in [0.15, 0.2) is 11.4 Å². The molecule has 3 rings (SSSR count). The summed E-state index contributed by atoms with van der Waals surface area (Å²) < 4.78 is 1.24. The van der Waals surface area contributed by atoms with Crippen LogP contribution in [0.3, 0.4) is 0 Å². The summed E-state index contributed by atoms with van der Waals surface area (Å²) in [6.45, 7) is 2.26. The molecule has 0 saturated carbocycles. The van der Waals surface area contributed by atoms with Crippen molar-refractivity contribution >= 4 is 28.6 Å². The number of hydrogen-bond acceptors (Lipinski definition) is 7. The van der Waals surface area contributed by atoms with Gasteiger partial charge in [-0.1, -0.05) is 25.1 Å². The number of benzene rings is 2. The predicted molar refractivity (Wildman–Crippen MR) is 106 cm³/mol. The van der Waals surface area contributed by atoms with E-state index in [2.05, 4.69) is 15.6 Å². The molecule has 0 aliphatic heterocycles. The Balaban J connectivity index is 1.90. The lowest BCUT2D eigenvalue weighted by atomic mass is 10.1. The number of phenolic OH excluding ortho intramolecular Hbond substituents is 1. The van der Waals surface area contributed by atoms with Crippen molar-refractivity contribution in [3.8, 4) is 5.75 Å². The van der Waals surface area contributed by atoms with E-state index >= 15 is 0 Å². The number of nitro benzene ring substituents is 1. The van der Waals surface area contributed by atoms with E-state index in [1.165, 1.54) is 17.0 Å². The van der Waals surface area contributed by atoms with Gasteiger partial charge in [-0.2, -0.15) is 10.2 Å². The van der Waals surface area contributed by atoms with Crippen LogP contribution < -0.4 is 11.0 Å². The van der Waals surface area contributed by atoms with E-state index in [4.69, 9.17) is 0 Å². The molecule has 0 fully saturated rings. The number of carbonyl (C=O) groups is 1. The summed E-state index contributed by atoms with van der Waals surface area (Å²) in [7, 11) is 0. The molecule has 0 aliphatic carbocycles. The fourth-order valence-corrected chi connectivity index (χ4v) is 2.75. The standard InChI is InChI=1S/C19H17N5O5/c1-2-9-23-19(27)14-6-4-3-5-13(14)17(22-23)18(26)21-20-11-12-7-8-16(25)15(10-12)24(28)29/h3-8,10-11,25H,2,9H2,1H3,(H,21,26)/b20-11-. The molecule has 0 aliphatic rings. The SMILES string of the molecule is CCCn1nc(C(=O)N/N=C\c2ccc(O)c([N+](=O)[O-])c2)c2ccccc2c1=O. The molecule has 1 amide bonds. The minimum atomic E-state index is -0.724. The van der Waals surface area contributed by atoms with E-state index in [0.29, 0.717) is 29.3 Å². The summed E-state index contributed by atoms with van der Waals surface area (Å²) in [5, 5.41) is 29.1. The Hall–Kier alpha value is -4.08. The van der Waals surface area contributed by atoms with Gasteiger partial charge in [0.05, 0.1) is 16.5 Å². The second-order valence-electron chi connectivity index (χ2n) is 6.13. The van der Waals surface area contributed by atoms with Gasteiger partial charge in [0.25, 0.3) is 11.5 Å². The van der Waals surface area contributed by atoms with Crippen LogP contribution >= 0.6 is 0 Å². The molecular formula is C19H17N5O5. The number of aromatic hydroxyl groups is 1. The molecule has 0 atom stereocenters. The van der Waals surface area contributed by atoms with Crippen LogP contribution in [0, 0.1) is 10.1 Å². The van der Waals surface area contributed by atoms with Crippen LogP contribution in [0.25, 0.3) is 10.8 Å². The van der Waals surface area contributed by atoms with Crippen LogP contribution in [-0.2, 0) is 6.54 Å². The lowest BCUT2D eigenvalue weighted by molar-refractivity contribution is -0.385. The van der Waals surface area contributed by atoms with Gasteiger partial charge in [-0.3, -0.25) is 19.7 Å². The zero-order valence-corrected chi connectivity index (χ0v) is 15.4. The van der Waals surface area contributed by atoms with Crippen molar-refractivity contribution in [1.29, 1.82) is 0 Å². The summed E-state index contributed by atoms with van der Waals surface area (Å²) in [6.07, 6.45) is 1.87. The van der Waals surface area contributed by atoms with Gasteiger partial charge >= 0.3 is 5.69 Å². The molecule has 0 bridgehead atoms. The number of aryl methyl sites for hydroxylation is 1. The topological polar surface area (TPSA) is 140 Å². The molecule has 3 aromatic rings. The van der Waals surface area contributed by atoms with Crippen LogP contribution in [0.4, 0.5) is 5.69 Å². The monoisotopic (exact) mass is 395 g/mol. The van der Waals surface area contributed by atoms with E-state index in [1.54, 1.807) is 24.3 Å². The molecular weight excluding hydrogens is 378 g/mol. The fraction of sp³-hybridized carbons (Fsp3) is 0.158. The first-order valence-electron chi connectivity index (χ1n) is 8.73. The highest BCUT2D eigenvalue weighted by atomic mass is 16.6. The van der Waals surface area contributed by atoms with Crippen molar-refractivity contribution in [1.82, 2.24) is 15.2 Å².